The molecule has 4 nitrogen and oxygen atoms in total. The summed E-state index contributed by atoms with van der Waals surface area (Å²) in [6.45, 7) is 1.85. The third-order valence-corrected chi connectivity index (χ3v) is 5.48. The van der Waals surface area contributed by atoms with Gasteiger partial charge in [-0.25, -0.2) is 0 Å². The van der Waals surface area contributed by atoms with Gasteiger partial charge in [-0.2, -0.15) is 0 Å². The quantitative estimate of drug-likeness (QED) is 0.802. The lowest BCUT2D eigenvalue weighted by Gasteiger charge is -2.29. The molecule has 1 unspecified atom stereocenters. The zero-order valence-electron chi connectivity index (χ0n) is 11.5. The van der Waals surface area contributed by atoms with E-state index in [2.05, 4.69) is 14.1 Å². The third-order valence-electron chi connectivity index (χ3n) is 3.71. The van der Waals surface area contributed by atoms with Crippen LogP contribution in [-0.2, 0) is 6.42 Å². The predicted octanol–water partition coefficient (Wildman–Crippen LogP) is 0.805. The summed E-state index contributed by atoms with van der Waals surface area (Å²) in [5, 5.41) is 1.07. The van der Waals surface area contributed by atoms with Crippen molar-refractivity contribution in [2.45, 2.75) is 17.0 Å². The van der Waals surface area contributed by atoms with E-state index in [0.717, 1.165) is 24.0 Å². The Hall–Kier alpha value is -1.04. The van der Waals surface area contributed by atoms with Crippen LogP contribution in [0.25, 0.3) is 0 Å². The van der Waals surface area contributed by atoms with E-state index in [-0.39, 0.29) is 5.91 Å². The maximum atomic E-state index is 11.0. The molecule has 1 amide bonds. The summed E-state index contributed by atoms with van der Waals surface area (Å²) in [5.74, 6) is -0.372. The Morgan fingerprint density at radius 2 is 2.00 bits per heavy atom. The van der Waals surface area contributed by atoms with Gasteiger partial charge in [0.05, 0.1) is 32.4 Å². The number of carbonyl (C=O) groups excluding carboxylic acids is 1. The van der Waals surface area contributed by atoms with Gasteiger partial charge in [-0.1, -0.05) is 23.9 Å². The first-order valence-electron chi connectivity index (χ1n) is 6.49. The first-order chi connectivity index (χ1) is 8.92. The predicted molar refractivity (Wildman–Crippen MR) is 79.9 cm³/mol. The van der Waals surface area contributed by atoms with Crippen molar-refractivity contribution in [2.75, 3.05) is 27.2 Å². The van der Waals surface area contributed by atoms with Crippen molar-refractivity contribution in [1.29, 1.82) is 0 Å². The number of likely N-dealkylation sites (N-methyl/N-ethyl adjacent to an activating group) is 1. The van der Waals surface area contributed by atoms with Crippen molar-refractivity contribution in [2.24, 2.45) is 11.5 Å². The van der Waals surface area contributed by atoms with Gasteiger partial charge in [-0.3, -0.25) is 4.79 Å². The molecule has 19 heavy (non-hydrogen) atoms. The summed E-state index contributed by atoms with van der Waals surface area (Å²) >= 11 is 1.98. The number of amides is 1. The molecule has 2 rings (SSSR count). The second kappa shape index (κ2) is 5.53. The molecule has 1 aromatic carbocycles. The number of rotatable bonds is 4. The normalized spacial score (nSPS) is 25.4. The van der Waals surface area contributed by atoms with Crippen LogP contribution in [0.5, 0.6) is 0 Å². The van der Waals surface area contributed by atoms with Gasteiger partial charge in [-0.05, 0) is 24.1 Å². The molecule has 0 bridgehead atoms. The van der Waals surface area contributed by atoms with Crippen molar-refractivity contribution in [3.63, 3.8) is 0 Å². The minimum atomic E-state index is -0.372. The Morgan fingerprint density at radius 3 is 2.47 bits per heavy atom. The van der Waals surface area contributed by atoms with Crippen molar-refractivity contribution in [3.05, 3.63) is 35.4 Å². The molecule has 0 spiro atoms. The average Bonchev–Trinajstić information content (AvgIpc) is 2.64. The summed E-state index contributed by atoms with van der Waals surface area (Å²) in [7, 11) is 4.47. The SMILES string of the molecule is C[N+]1(C)CC(Cc2ccc(C(N)=O)cc2)S[C@H]1CN. The molecule has 1 aliphatic rings. The topological polar surface area (TPSA) is 69.1 Å². The van der Waals surface area contributed by atoms with E-state index in [0.29, 0.717) is 16.2 Å². The van der Waals surface area contributed by atoms with Crippen LogP contribution in [0.4, 0.5) is 0 Å². The Balaban J connectivity index is 2.01. The molecule has 0 aliphatic carbocycles. The molecule has 1 saturated heterocycles. The molecular formula is C14H22N3OS+. The number of carbonyl (C=O) groups is 1. The highest BCUT2D eigenvalue weighted by atomic mass is 32.2. The Bertz CT molecular complexity index is 458. The molecule has 0 radical (unpaired) electrons. The highest BCUT2D eigenvalue weighted by Gasteiger charge is 2.40. The molecule has 1 aliphatic heterocycles. The molecular weight excluding hydrogens is 258 g/mol. The number of hydrogen-bond donors (Lipinski definition) is 2. The van der Waals surface area contributed by atoms with Crippen molar-refractivity contribution >= 4 is 17.7 Å². The van der Waals surface area contributed by atoms with Gasteiger partial charge < -0.3 is 16.0 Å². The van der Waals surface area contributed by atoms with Gasteiger partial charge in [0.2, 0.25) is 5.91 Å². The van der Waals surface area contributed by atoms with Crippen molar-refractivity contribution in [1.82, 2.24) is 0 Å². The van der Waals surface area contributed by atoms with E-state index in [1.807, 2.05) is 23.9 Å². The van der Waals surface area contributed by atoms with Crippen LogP contribution in [0.3, 0.4) is 0 Å². The fourth-order valence-electron chi connectivity index (χ4n) is 2.59. The maximum absolute atomic E-state index is 11.0. The highest BCUT2D eigenvalue weighted by molar-refractivity contribution is 8.00. The van der Waals surface area contributed by atoms with E-state index in [4.69, 9.17) is 11.5 Å². The fourth-order valence-corrected chi connectivity index (χ4v) is 4.32. The van der Waals surface area contributed by atoms with Crippen LogP contribution in [0, 0.1) is 0 Å². The zero-order chi connectivity index (χ0) is 14.0. The molecule has 1 heterocycles. The summed E-state index contributed by atoms with van der Waals surface area (Å²) in [5.41, 5.74) is 12.9. The Morgan fingerprint density at radius 1 is 1.37 bits per heavy atom. The van der Waals surface area contributed by atoms with Crippen LogP contribution in [0.2, 0.25) is 0 Å². The van der Waals surface area contributed by atoms with Gasteiger partial charge in [-0.15, -0.1) is 0 Å². The largest absolute Gasteiger partial charge is 0.366 e. The number of nitrogens with zero attached hydrogens (tertiary/aromatic N) is 1. The van der Waals surface area contributed by atoms with E-state index in [1.54, 1.807) is 12.1 Å². The zero-order valence-corrected chi connectivity index (χ0v) is 12.3. The molecule has 104 valence electrons. The summed E-state index contributed by atoms with van der Waals surface area (Å²) in [6, 6.07) is 7.60. The summed E-state index contributed by atoms with van der Waals surface area (Å²) < 4.78 is 0.977. The van der Waals surface area contributed by atoms with Gasteiger partial charge in [0, 0.05) is 5.56 Å². The van der Waals surface area contributed by atoms with Gasteiger partial charge in [0.15, 0.2) is 0 Å². The number of nitrogens with two attached hydrogens (primary N) is 2. The van der Waals surface area contributed by atoms with Gasteiger partial charge >= 0.3 is 0 Å². The van der Waals surface area contributed by atoms with E-state index in [1.165, 1.54) is 5.56 Å². The van der Waals surface area contributed by atoms with Crippen LogP contribution < -0.4 is 11.5 Å². The summed E-state index contributed by atoms with van der Waals surface area (Å²) in [6.07, 6.45) is 1.02. The van der Waals surface area contributed by atoms with Crippen LogP contribution in [-0.4, -0.2) is 48.2 Å². The summed E-state index contributed by atoms with van der Waals surface area (Å²) in [4.78, 5) is 11.0. The number of primary amides is 1. The minimum Gasteiger partial charge on any atom is -0.366 e. The van der Waals surface area contributed by atoms with Crippen LogP contribution in [0.15, 0.2) is 24.3 Å². The Kier molecular flexibility index (Phi) is 4.18. The first kappa shape index (κ1) is 14.4. The van der Waals surface area contributed by atoms with E-state index >= 15 is 0 Å². The fraction of sp³-hybridized carbons (Fsp3) is 0.500. The van der Waals surface area contributed by atoms with Gasteiger partial charge in [0.1, 0.15) is 5.37 Å². The minimum absolute atomic E-state index is 0.372. The lowest BCUT2D eigenvalue weighted by Crippen LogP contribution is -2.47. The van der Waals surface area contributed by atoms with Gasteiger partial charge in [0.25, 0.3) is 0 Å². The number of thioether (sulfide) groups is 1. The van der Waals surface area contributed by atoms with Crippen LogP contribution in [0.1, 0.15) is 15.9 Å². The standard InChI is InChI=1S/C14H21N3OS/c1-17(2)9-12(19-13(17)8-15)7-10-3-5-11(6-4-10)14(16)18/h3-6,12-13H,7-9,15H2,1-2H3,(H-,16,18)/p+1/t12?,13-/m0/s1. The molecule has 4 N–H and O–H groups in total. The van der Waals surface area contributed by atoms with E-state index in [9.17, 15) is 4.79 Å². The van der Waals surface area contributed by atoms with Crippen molar-refractivity contribution < 1.29 is 9.28 Å². The second-order valence-corrected chi connectivity index (χ2v) is 7.16. The molecule has 1 aromatic rings. The molecule has 0 saturated carbocycles. The number of quaternary nitrogens is 1. The molecule has 0 aromatic heterocycles. The first-order valence-corrected chi connectivity index (χ1v) is 7.43. The molecule has 1 fully saturated rings. The number of hydrogen-bond acceptors (Lipinski definition) is 3. The molecule has 5 heteroatoms. The maximum Gasteiger partial charge on any atom is 0.248 e. The lowest BCUT2D eigenvalue weighted by atomic mass is 10.1. The Labute approximate surface area is 118 Å². The van der Waals surface area contributed by atoms with E-state index < -0.39 is 0 Å². The number of benzene rings is 1. The highest BCUT2D eigenvalue weighted by Crippen LogP contribution is 2.35. The van der Waals surface area contributed by atoms with Crippen LogP contribution >= 0.6 is 11.8 Å². The lowest BCUT2D eigenvalue weighted by molar-refractivity contribution is -0.893. The third kappa shape index (κ3) is 3.29. The van der Waals surface area contributed by atoms with Crippen molar-refractivity contribution in [3.8, 4) is 0 Å². The smallest absolute Gasteiger partial charge is 0.248 e. The monoisotopic (exact) mass is 280 g/mol. The average molecular weight is 280 g/mol. The molecule has 2 atom stereocenters. The second-order valence-electron chi connectivity index (χ2n) is 5.67.